The number of urea groups is 1. The Morgan fingerprint density at radius 2 is 2.36 bits per heavy atom. The first-order valence-electron chi connectivity index (χ1n) is 5.29. The van der Waals surface area contributed by atoms with Crippen molar-refractivity contribution in [3.63, 3.8) is 0 Å². The zero-order chi connectivity index (χ0) is 10.6. The number of rotatable bonds is 5. The van der Waals surface area contributed by atoms with Crippen LogP contribution in [0.2, 0.25) is 0 Å². The average Bonchev–Trinajstić information content (AvgIpc) is 2.41. The molecule has 0 aliphatic carbocycles. The van der Waals surface area contributed by atoms with Gasteiger partial charge in [-0.25, -0.2) is 4.79 Å². The van der Waals surface area contributed by atoms with E-state index in [1.54, 1.807) is 4.90 Å². The number of hydrogen-bond donors (Lipinski definition) is 2. The van der Waals surface area contributed by atoms with Crippen molar-refractivity contribution in [2.24, 2.45) is 5.92 Å². The molecule has 0 bridgehead atoms. The minimum absolute atomic E-state index is 0.0177. The van der Waals surface area contributed by atoms with Gasteiger partial charge in [-0.1, -0.05) is 13.8 Å². The lowest BCUT2D eigenvalue weighted by molar-refractivity contribution is 0.209. The molecule has 1 fully saturated rings. The largest absolute Gasteiger partial charge is 0.396 e. The predicted molar refractivity (Wildman–Crippen MR) is 55.1 cm³/mol. The summed E-state index contributed by atoms with van der Waals surface area (Å²) in [5.74, 6) is 0.609. The first-order valence-corrected chi connectivity index (χ1v) is 5.29. The van der Waals surface area contributed by atoms with Crippen molar-refractivity contribution in [3.8, 4) is 0 Å². The molecule has 14 heavy (non-hydrogen) atoms. The summed E-state index contributed by atoms with van der Waals surface area (Å²) >= 11 is 0. The quantitative estimate of drug-likeness (QED) is 0.690. The summed E-state index contributed by atoms with van der Waals surface area (Å²) in [7, 11) is 0. The van der Waals surface area contributed by atoms with Crippen molar-refractivity contribution in [2.75, 3.05) is 19.7 Å². The Morgan fingerprint density at radius 1 is 1.64 bits per heavy atom. The molecule has 0 aromatic carbocycles. The van der Waals surface area contributed by atoms with E-state index in [0.29, 0.717) is 24.9 Å². The van der Waals surface area contributed by atoms with Crippen LogP contribution in [0.4, 0.5) is 4.79 Å². The second-order valence-corrected chi connectivity index (χ2v) is 4.30. The number of amides is 2. The molecule has 1 aliphatic rings. The molecule has 1 aliphatic heterocycles. The number of aliphatic hydroxyl groups excluding tert-OH is 1. The minimum atomic E-state index is 0.0177. The van der Waals surface area contributed by atoms with Gasteiger partial charge in [0.15, 0.2) is 0 Å². The third-order valence-electron chi connectivity index (χ3n) is 2.40. The van der Waals surface area contributed by atoms with Gasteiger partial charge in [0.25, 0.3) is 0 Å². The van der Waals surface area contributed by atoms with Gasteiger partial charge in [0.1, 0.15) is 0 Å². The molecule has 1 rings (SSSR count). The van der Waals surface area contributed by atoms with Crippen LogP contribution in [0.3, 0.4) is 0 Å². The minimum Gasteiger partial charge on any atom is -0.396 e. The second-order valence-electron chi connectivity index (χ2n) is 4.30. The SMILES string of the molecule is CC(C)CC1CN(CCCO)C(=O)N1. The molecule has 0 aromatic rings. The van der Waals surface area contributed by atoms with Crippen molar-refractivity contribution < 1.29 is 9.90 Å². The maximum Gasteiger partial charge on any atom is 0.317 e. The third kappa shape index (κ3) is 3.18. The van der Waals surface area contributed by atoms with Crippen LogP contribution >= 0.6 is 0 Å². The van der Waals surface area contributed by atoms with Crippen LogP contribution in [0.15, 0.2) is 0 Å². The Kier molecular flexibility index (Phi) is 4.20. The molecule has 0 aromatic heterocycles. The monoisotopic (exact) mass is 200 g/mol. The number of nitrogens with one attached hydrogen (secondary N) is 1. The van der Waals surface area contributed by atoms with Crippen LogP contribution in [0.25, 0.3) is 0 Å². The van der Waals surface area contributed by atoms with Crippen LogP contribution in [-0.2, 0) is 0 Å². The molecule has 4 heteroatoms. The summed E-state index contributed by atoms with van der Waals surface area (Å²) in [6.07, 6.45) is 1.70. The van der Waals surface area contributed by atoms with E-state index >= 15 is 0 Å². The third-order valence-corrected chi connectivity index (χ3v) is 2.40. The van der Waals surface area contributed by atoms with E-state index in [0.717, 1.165) is 13.0 Å². The Labute approximate surface area is 85.3 Å². The fourth-order valence-electron chi connectivity index (χ4n) is 1.82. The number of aliphatic hydroxyl groups is 1. The molecular weight excluding hydrogens is 180 g/mol. The van der Waals surface area contributed by atoms with Crippen LogP contribution < -0.4 is 5.32 Å². The number of carbonyl (C=O) groups excluding carboxylic acids is 1. The lowest BCUT2D eigenvalue weighted by Crippen LogP contribution is -2.30. The van der Waals surface area contributed by atoms with Gasteiger partial charge < -0.3 is 15.3 Å². The molecule has 0 radical (unpaired) electrons. The highest BCUT2D eigenvalue weighted by atomic mass is 16.3. The Hall–Kier alpha value is -0.770. The fourth-order valence-corrected chi connectivity index (χ4v) is 1.82. The summed E-state index contributed by atoms with van der Waals surface area (Å²) in [6, 6.07) is 0.310. The van der Waals surface area contributed by atoms with Gasteiger partial charge in [-0.15, -0.1) is 0 Å². The average molecular weight is 200 g/mol. The van der Waals surface area contributed by atoms with Crippen molar-refractivity contribution in [1.82, 2.24) is 10.2 Å². The summed E-state index contributed by atoms with van der Waals surface area (Å²) in [4.78, 5) is 13.2. The molecule has 2 N–H and O–H groups in total. The van der Waals surface area contributed by atoms with Crippen molar-refractivity contribution in [3.05, 3.63) is 0 Å². The zero-order valence-corrected chi connectivity index (χ0v) is 8.99. The first-order chi connectivity index (χ1) is 6.63. The first kappa shape index (κ1) is 11.3. The van der Waals surface area contributed by atoms with Gasteiger partial charge in [0, 0.05) is 25.7 Å². The van der Waals surface area contributed by atoms with Crippen LogP contribution in [0, 0.1) is 5.92 Å². The molecule has 1 atom stereocenters. The second kappa shape index (κ2) is 5.20. The van der Waals surface area contributed by atoms with Gasteiger partial charge in [0.05, 0.1) is 0 Å². The molecule has 2 amide bonds. The van der Waals surface area contributed by atoms with Gasteiger partial charge in [-0.05, 0) is 18.8 Å². The molecule has 0 spiro atoms. The van der Waals surface area contributed by atoms with Gasteiger partial charge >= 0.3 is 6.03 Å². The highest BCUT2D eigenvalue weighted by molar-refractivity contribution is 5.76. The molecule has 82 valence electrons. The summed E-state index contributed by atoms with van der Waals surface area (Å²) < 4.78 is 0. The van der Waals surface area contributed by atoms with Crippen LogP contribution in [-0.4, -0.2) is 41.8 Å². The summed E-state index contributed by atoms with van der Waals surface area (Å²) in [6.45, 7) is 5.91. The van der Waals surface area contributed by atoms with E-state index in [-0.39, 0.29) is 12.6 Å². The zero-order valence-electron chi connectivity index (χ0n) is 8.99. The highest BCUT2D eigenvalue weighted by Gasteiger charge is 2.28. The maximum absolute atomic E-state index is 11.4. The smallest absolute Gasteiger partial charge is 0.317 e. The number of hydrogen-bond acceptors (Lipinski definition) is 2. The Morgan fingerprint density at radius 3 is 2.93 bits per heavy atom. The predicted octanol–water partition coefficient (Wildman–Crippen LogP) is 0.809. The van der Waals surface area contributed by atoms with Crippen molar-refractivity contribution in [1.29, 1.82) is 0 Å². The van der Waals surface area contributed by atoms with Gasteiger partial charge in [-0.3, -0.25) is 0 Å². The molecule has 1 saturated heterocycles. The van der Waals surface area contributed by atoms with E-state index in [4.69, 9.17) is 5.11 Å². The van der Waals surface area contributed by atoms with Crippen LogP contribution in [0.5, 0.6) is 0 Å². The van der Waals surface area contributed by atoms with E-state index in [1.807, 2.05) is 0 Å². The summed E-state index contributed by atoms with van der Waals surface area (Å²) in [5.41, 5.74) is 0. The lowest BCUT2D eigenvalue weighted by atomic mass is 10.0. The van der Waals surface area contributed by atoms with E-state index < -0.39 is 0 Å². The lowest BCUT2D eigenvalue weighted by Gasteiger charge is -2.14. The molecule has 1 unspecified atom stereocenters. The molecule has 4 nitrogen and oxygen atoms in total. The van der Waals surface area contributed by atoms with E-state index in [1.165, 1.54) is 0 Å². The van der Waals surface area contributed by atoms with E-state index in [2.05, 4.69) is 19.2 Å². The molecular formula is C10H20N2O2. The Bertz CT molecular complexity index is 195. The topological polar surface area (TPSA) is 52.6 Å². The Balaban J connectivity index is 2.31. The standard InChI is InChI=1S/C10H20N2O2/c1-8(2)6-9-7-12(4-3-5-13)10(14)11-9/h8-9,13H,3-7H2,1-2H3,(H,11,14). The highest BCUT2D eigenvalue weighted by Crippen LogP contribution is 2.12. The van der Waals surface area contributed by atoms with Gasteiger partial charge in [0.2, 0.25) is 0 Å². The maximum atomic E-state index is 11.4. The molecule has 0 saturated carbocycles. The van der Waals surface area contributed by atoms with Crippen molar-refractivity contribution >= 4 is 6.03 Å². The normalized spacial score (nSPS) is 21.9. The van der Waals surface area contributed by atoms with Crippen LogP contribution in [0.1, 0.15) is 26.7 Å². The van der Waals surface area contributed by atoms with E-state index in [9.17, 15) is 4.79 Å². The van der Waals surface area contributed by atoms with Crippen molar-refractivity contribution in [2.45, 2.75) is 32.7 Å². The van der Waals surface area contributed by atoms with Gasteiger partial charge in [-0.2, -0.15) is 0 Å². The molecule has 1 heterocycles. The summed E-state index contributed by atoms with van der Waals surface area (Å²) in [5, 5.41) is 11.6. The number of nitrogens with zero attached hydrogens (tertiary/aromatic N) is 1. The fraction of sp³-hybridized carbons (Fsp3) is 0.900. The number of carbonyl (C=O) groups is 1.